The Kier molecular flexibility index (Phi) is 2.93. The van der Waals surface area contributed by atoms with Gasteiger partial charge in [0.15, 0.2) is 15.6 Å². The number of benzene rings is 1. The molecule has 5 nitrogen and oxygen atoms in total. The highest BCUT2D eigenvalue weighted by Crippen LogP contribution is 2.22. The van der Waals surface area contributed by atoms with E-state index in [0.29, 0.717) is 16.5 Å². The molecule has 0 fully saturated rings. The molecular formula is C12H10N2O3S. The van der Waals surface area contributed by atoms with E-state index in [1.54, 1.807) is 18.2 Å². The smallest absolute Gasteiger partial charge is 0.180 e. The van der Waals surface area contributed by atoms with Crippen molar-refractivity contribution in [1.82, 2.24) is 4.98 Å². The van der Waals surface area contributed by atoms with Crippen LogP contribution in [0.1, 0.15) is 15.9 Å². The molecule has 92 valence electrons. The van der Waals surface area contributed by atoms with Crippen LogP contribution in [0, 0.1) is 11.3 Å². The number of rotatable bonds is 3. The molecule has 2 rings (SSSR count). The second kappa shape index (κ2) is 4.27. The van der Waals surface area contributed by atoms with E-state index in [9.17, 15) is 13.2 Å². The Balaban J connectivity index is 2.60. The second-order valence-corrected chi connectivity index (χ2v) is 6.18. The molecule has 18 heavy (non-hydrogen) atoms. The molecule has 0 aliphatic heterocycles. The van der Waals surface area contributed by atoms with Gasteiger partial charge in [-0.3, -0.25) is 4.79 Å². The largest absolute Gasteiger partial charge is 0.360 e. The van der Waals surface area contributed by atoms with Crippen LogP contribution >= 0.6 is 0 Å². The number of sulfone groups is 1. The molecule has 0 aliphatic rings. The Morgan fingerprint density at radius 3 is 2.78 bits per heavy atom. The number of hydrogen-bond donors (Lipinski definition) is 1. The summed E-state index contributed by atoms with van der Waals surface area (Å²) in [5, 5.41) is 9.48. The zero-order chi connectivity index (χ0) is 13.3. The predicted molar refractivity (Wildman–Crippen MR) is 67.1 cm³/mol. The first-order valence-corrected chi connectivity index (χ1v) is 7.19. The minimum Gasteiger partial charge on any atom is -0.360 e. The van der Waals surface area contributed by atoms with E-state index >= 15 is 0 Å². The molecule has 1 aromatic carbocycles. The highest BCUT2D eigenvalue weighted by Gasteiger charge is 2.18. The van der Waals surface area contributed by atoms with Crippen molar-refractivity contribution >= 4 is 26.5 Å². The van der Waals surface area contributed by atoms with Gasteiger partial charge in [-0.25, -0.2) is 8.42 Å². The van der Waals surface area contributed by atoms with Gasteiger partial charge in [0.2, 0.25) is 0 Å². The van der Waals surface area contributed by atoms with E-state index in [4.69, 9.17) is 5.26 Å². The van der Waals surface area contributed by atoms with Crippen molar-refractivity contribution in [2.75, 3.05) is 12.0 Å². The number of nitriles is 1. The fourth-order valence-corrected chi connectivity index (χ4v) is 2.45. The molecule has 1 heterocycles. The summed E-state index contributed by atoms with van der Waals surface area (Å²) in [6, 6.07) is 7.01. The molecule has 0 aliphatic carbocycles. The van der Waals surface area contributed by atoms with Crippen LogP contribution < -0.4 is 0 Å². The number of carbonyl (C=O) groups excluding carboxylic acids is 1. The van der Waals surface area contributed by atoms with Crippen LogP contribution in [0.5, 0.6) is 0 Å². The normalized spacial score (nSPS) is 11.3. The molecule has 1 N–H and O–H groups in total. The second-order valence-electron chi connectivity index (χ2n) is 4.04. The average molecular weight is 262 g/mol. The summed E-state index contributed by atoms with van der Waals surface area (Å²) in [6.07, 6.45) is 2.45. The molecule has 6 heteroatoms. The van der Waals surface area contributed by atoms with Crippen LogP contribution in [0.3, 0.4) is 0 Å². The fourth-order valence-electron chi connectivity index (χ4n) is 1.81. The number of aromatic amines is 1. The van der Waals surface area contributed by atoms with Crippen LogP contribution in [-0.2, 0) is 9.84 Å². The number of Topliss-reactive ketones (excluding diaryl/α,β-unsaturated/α-hetero) is 1. The van der Waals surface area contributed by atoms with Gasteiger partial charge >= 0.3 is 0 Å². The maximum atomic E-state index is 11.9. The summed E-state index contributed by atoms with van der Waals surface area (Å²) in [6.45, 7) is 0. The molecule has 0 amide bonds. The lowest BCUT2D eigenvalue weighted by Gasteiger charge is -1.99. The quantitative estimate of drug-likeness (QED) is 0.843. The van der Waals surface area contributed by atoms with E-state index in [1.807, 2.05) is 6.07 Å². The lowest BCUT2D eigenvalue weighted by molar-refractivity contribution is 0.102. The van der Waals surface area contributed by atoms with Crippen molar-refractivity contribution in [3.05, 3.63) is 35.5 Å². The molecule has 1 aromatic heterocycles. The Hall–Kier alpha value is -2.13. The highest BCUT2D eigenvalue weighted by molar-refractivity contribution is 7.91. The number of fused-ring (bicyclic) bond motifs is 1. The average Bonchev–Trinajstić information content (AvgIpc) is 2.70. The Morgan fingerprint density at radius 1 is 1.44 bits per heavy atom. The first-order valence-electron chi connectivity index (χ1n) is 5.13. The monoisotopic (exact) mass is 262 g/mol. The summed E-state index contributed by atoms with van der Waals surface area (Å²) in [5.74, 6) is -1.06. The summed E-state index contributed by atoms with van der Waals surface area (Å²) in [7, 11) is -3.38. The van der Waals surface area contributed by atoms with Crippen LogP contribution in [-0.4, -0.2) is 31.2 Å². The van der Waals surface area contributed by atoms with Crippen LogP contribution in [0.15, 0.2) is 24.4 Å². The van der Waals surface area contributed by atoms with Crippen molar-refractivity contribution < 1.29 is 13.2 Å². The lowest BCUT2D eigenvalue weighted by atomic mass is 10.1. The van der Waals surface area contributed by atoms with Gasteiger partial charge in [0.05, 0.1) is 11.6 Å². The number of aromatic nitrogens is 1. The molecule has 0 saturated heterocycles. The van der Waals surface area contributed by atoms with Crippen molar-refractivity contribution in [3.8, 4) is 6.07 Å². The fraction of sp³-hybridized carbons (Fsp3) is 0.167. The van der Waals surface area contributed by atoms with Crippen molar-refractivity contribution in [2.24, 2.45) is 0 Å². The predicted octanol–water partition coefficient (Wildman–Crippen LogP) is 1.27. The van der Waals surface area contributed by atoms with Crippen molar-refractivity contribution in [3.63, 3.8) is 0 Å². The first kappa shape index (κ1) is 12.3. The number of nitrogens with zero attached hydrogens (tertiary/aromatic N) is 1. The van der Waals surface area contributed by atoms with Gasteiger partial charge in [-0.2, -0.15) is 5.26 Å². The number of ketones is 1. The topological polar surface area (TPSA) is 90.8 Å². The lowest BCUT2D eigenvalue weighted by Crippen LogP contribution is -2.14. The van der Waals surface area contributed by atoms with Gasteiger partial charge in [0.1, 0.15) is 5.75 Å². The van der Waals surface area contributed by atoms with Gasteiger partial charge in [0.25, 0.3) is 0 Å². The molecule has 0 saturated carbocycles. The Bertz CT molecular complexity index is 766. The standard InChI is InChI=1S/C12H10N2O3S/c1-18(16,17)7-11(15)9-6-14-10-4-2-3-8(5-13)12(9)10/h2-4,6,14H,7H2,1H3. The number of H-pyrrole nitrogens is 1. The summed E-state index contributed by atoms with van der Waals surface area (Å²) < 4.78 is 22.3. The van der Waals surface area contributed by atoms with E-state index in [0.717, 1.165) is 6.26 Å². The number of carbonyl (C=O) groups is 1. The molecule has 0 unspecified atom stereocenters. The summed E-state index contributed by atoms with van der Waals surface area (Å²) in [4.78, 5) is 14.8. The molecule has 0 spiro atoms. The third-order valence-corrected chi connectivity index (χ3v) is 3.31. The van der Waals surface area contributed by atoms with Gasteiger partial charge in [-0.15, -0.1) is 0 Å². The molecular weight excluding hydrogens is 252 g/mol. The minimum absolute atomic E-state index is 0.243. The third kappa shape index (κ3) is 2.26. The molecule has 2 aromatic rings. The van der Waals surface area contributed by atoms with E-state index in [2.05, 4.69) is 4.98 Å². The molecule has 0 atom stereocenters. The summed E-state index contributed by atoms with van der Waals surface area (Å²) in [5.41, 5.74) is 1.24. The minimum atomic E-state index is -3.38. The maximum absolute atomic E-state index is 11.9. The number of hydrogen-bond acceptors (Lipinski definition) is 4. The van der Waals surface area contributed by atoms with E-state index in [-0.39, 0.29) is 5.56 Å². The van der Waals surface area contributed by atoms with Crippen molar-refractivity contribution in [1.29, 1.82) is 5.26 Å². The van der Waals surface area contributed by atoms with Gasteiger partial charge in [-0.1, -0.05) is 6.07 Å². The van der Waals surface area contributed by atoms with Gasteiger partial charge in [0, 0.05) is 28.9 Å². The third-order valence-electron chi connectivity index (χ3n) is 2.52. The molecule has 0 bridgehead atoms. The zero-order valence-electron chi connectivity index (χ0n) is 9.60. The van der Waals surface area contributed by atoms with Crippen LogP contribution in [0.25, 0.3) is 10.9 Å². The highest BCUT2D eigenvalue weighted by atomic mass is 32.2. The SMILES string of the molecule is CS(=O)(=O)CC(=O)c1c[nH]c2cccc(C#N)c12. The van der Waals surface area contributed by atoms with E-state index in [1.165, 1.54) is 6.20 Å². The number of nitrogens with one attached hydrogen (secondary N) is 1. The van der Waals surface area contributed by atoms with Crippen molar-refractivity contribution in [2.45, 2.75) is 0 Å². The van der Waals surface area contributed by atoms with Gasteiger partial charge in [-0.05, 0) is 12.1 Å². The first-order chi connectivity index (χ1) is 8.42. The van der Waals surface area contributed by atoms with Crippen LogP contribution in [0.4, 0.5) is 0 Å². The molecule has 0 radical (unpaired) electrons. The summed E-state index contributed by atoms with van der Waals surface area (Å²) >= 11 is 0. The van der Waals surface area contributed by atoms with Crippen LogP contribution in [0.2, 0.25) is 0 Å². The Morgan fingerprint density at radius 2 is 2.17 bits per heavy atom. The van der Waals surface area contributed by atoms with E-state index < -0.39 is 21.4 Å². The zero-order valence-corrected chi connectivity index (χ0v) is 10.4. The maximum Gasteiger partial charge on any atom is 0.180 e. The van der Waals surface area contributed by atoms with Gasteiger partial charge < -0.3 is 4.98 Å². The Labute approximate surface area is 104 Å².